The van der Waals surface area contributed by atoms with Crippen molar-refractivity contribution in [3.8, 4) is 0 Å². The molecule has 1 heterocycles. The highest BCUT2D eigenvalue weighted by Crippen LogP contribution is 2.38. The first-order chi connectivity index (χ1) is 14.4. The summed E-state index contributed by atoms with van der Waals surface area (Å²) in [4.78, 5) is 38.1. The highest BCUT2D eigenvalue weighted by atomic mass is 32.1. The maximum Gasteiger partial charge on any atom is 0.342 e. The third kappa shape index (κ3) is 5.27. The average Bonchev–Trinajstić information content (AvgIpc) is 3.09. The van der Waals surface area contributed by atoms with E-state index in [2.05, 4.69) is 10.6 Å². The minimum Gasteiger partial charge on any atom is -0.449 e. The van der Waals surface area contributed by atoms with Crippen LogP contribution in [0.15, 0.2) is 30.3 Å². The van der Waals surface area contributed by atoms with Crippen molar-refractivity contribution in [1.29, 1.82) is 0 Å². The van der Waals surface area contributed by atoms with Crippen LogP contribution in [0.5, 0.6) is 0 Å². The molecule has 1 aliphatic rings. The second-order valence-corrected chi connectivity index (χ2v) is 8.81. The van der Waals surface area contributed by atoms with Gasteiger partial charge in [0.15, 0.2) is 6.10 Å². The van der Waals surface area contributed by atoms with Gasteiger partial charge < -0.3 is 15.4 Å². The molecule has 3 rings (SSSR count). The lowest BCUT2D eigenvalue weighted by Gasteiger charge is -2.18. The smallest absolute Gasteiger partial charge is 0.342 e. The lowest BCUT2D eigenvalue weighted by Crippen LogP contribution is -2.37. The van der Waals surface area contributed by atoms with Crippen LogP contribution in [0.2, 0.25) is 0 Å². The fourth-order valence-corrected chi connectivity index (χ4v) is 4.92. The summed E-state index contributed by atoms with van der Waals surface area (Å²) in [5, 5.41) is 6.13. The molecule has 2 aromatic rings. The minimum absolute atomic E-state index is 0.147. The first-order valence-corrected chi connectivity index (χ1v) is 11.1. The second-order valence-electron chi connectivity index (χ2n) is 7.70. The number of carbonyl (C=O) groups is 3. The van der Waals surface area contributed by atoms with Crippen molar-refractivity contribution in [2.75, 3.05) is 11.9 Å². The number of nitrogens with one attached hydrogen (secondary N) is 2. The van der Waals surface area contributed by atoms with Crippen molar-refractivity contribution in [3.05, 3.63) is 51.9 Å². The third-order valence-corrected chi connectivity index (χ3v) is 6.48. The van der Waals surface area contributed by atoms with Gasteiger partial charge >= 0.3 is 5.97 Å². The molecule has 0 spiro atoms. The van der Waals surface area contributed by atoms with Crippen LogP contribution < -0.4 is 10.6 Å². The number of hydrogen-bond donors (Lipinski definition) is 2. The predicted octanol–water partition coefficient (Wildman–Crippen LogP) is 4.05. The zero-order chi connectivity index (χ0) is 21.7. The van der Waals surface area contributed by atoms with E-state index in [9.17, 15) is 14.4 Å². The molecular weight excluding hydrogens is 400 g/mol. The zero-order valence-electron chi connectivity index (χ0n) is 17.6. The molecule has 7 heteroatoms. The molecule has 0 saturated heterocycles. The zero-order valence-corrected chi connectivity index (χ0v) is 18.4. The number of anilines is 1. The summed E-state index contributed by atoms with van der Waals surface area (Å²) in [6, 6.07) is 9.92. The highest BCUT2D eigenvalue weighted by molar-refractivity contribution is 7.17. The molecule has 1 aromatic heterocycles. The van der Waals surface area contributed by atoms with E-state index in [0.717, 1.165) is 41.7 Å². The number of aryl methyl sites for hydroxylation is 1. The first kappa shape index (κ1) is 22.0. The number of fused-ring (bicyclic) bond motifs is 1. The molecule has 2 N–H and O–H groups in total. The van der Waals surface area contributed by atoms with E-state index in [4.69, 9.17) is 4.74 Å². The fraction of sp³-hybridized carbons (Fsp3) is 0.435. The van der Waals surface area contributed by atoms with Crippen LogP contribution in [0, 0.1) is 0 Å². The Morgan fingerprint density at radius 2 is 1.80 bits per heavy atom. The molecule has 160 valence electrons. The van der Waals surface area contributed by atoms with E-state index in [1.807, 2.05) is 37.3 Å². The topological polar surface area (TPSA) is 84.5 Å². The summed E-state index contributed by atoms with van der Waals surface area (Å²) >= 11 is 1.43. The van der Waals surface area contributed by atoms with Crippen LogP contribution in [0.1, 0.15) is 65.9 Å². The van der Waals surface area contributed by atoms with E-state index in [1.54, 1.807) is 6.92 Å². The van der Waals surface area contributed by atoms with Crippen molar-refractivity contribution < 1.29 is 19.1 Å². The Labute approximate surface area is 181 Å². The van der Waals surface area contributed by atoms with Gasteiger partial charge in [-0.15, -0.1) is 11.3 Å². The van der Waals surface area contributed by atoms with Crippen molar-refractivity contribution in [1.82, 2.24) is 5.32 Å². The number of ether oxygens (including phenoxy) is 1. The summed E-state index contributed by atoms with van der Waals surface area (Å²) in [5.74, 6) is -0.982. The van der Waals surface area contributed by atoms with Gasteiger partial charge in [-0.1, -0.05) is 37.3 Å². The second kappa shape index (κ2) is 9.89. The maximum absolute atomic E-state index is 12.9. The summed E-state index contributed by atoms with van der Waals surface area (Å²) in [6.45, 7) is 5.47. The molecule has 6 nitrogen and oxygen atoms in total. The third-order valence-electron chi connectivity index (χ3n) is 5.27. The van der Waals surface area contributed by atoms with Gasteiger partial charge in [-0.2, -0.15) is 0 Å². The normalized spacial score (nSPS) is 14.9. The molecule has 0 aliphatic heterocycles. The Balaban J connectivity index is 1.64. The highest BCUT2D eigenvalue weighted by Gasteiger charge is 2.29. The summed E-state index contributed by atoms with van der Waals surface area (Å²) in [6.07, 6.45) is 2.82. The monoisotopic (exact) mass is 428 g/mol. The summed E-state index contributed by atoms with van der Waals surface area (Å²) < 4.78 is 5.49. The summed E-state index contributed by atoms with van der Waals surface area (Å²) in [5.41, 5.74) is 2.49. The Bertz CT molecular complexity index is 923. The molecule has 2 atom stereocenters. The molecule has 2 amide bonds. The molecule has 2 unspecified atom stereocenters. The molecule has 1 aromatic carbocycles. The Morgan fingerprint density at radius 1 is 1.10 bits per heavy atom. The number of amides is 2. The van der Waals surface area contributed by atoms with Gasteiger partial charge in [-0.3, -0.25) is 9.59 Å². The first-order valence-electron chi connectivity index (χ1n) is 10.3. The summed E-state index contributed by atoms with van der Waals surface area (Å²) in [7, 11) is 0. The largest absolute Gasteiger partial charge is 0.449 e. The minimum atomic E-state index is -0.926. The van der Waals surface area contributed by atoms with E-state index in [-0.39, 0.29) is 17.7 Å². The molecule has 30 heavy (non-hydrogen) atoms. The lowest BCUT2D eigenvalue weighted by atomic mass is 9.95. The molecular formula is C23H28N2O4S. The van der Waals surface area contributed by atoms with Gasteiger partial charge in [-0.05, 0) is 49.7 Å². The van der Waals surface area contributed by atoms with Gasteiger partial charge in [0.25, 0.3) is 5.91 Å². The number of rotatable bonds is 7. The van der Waals surface area contributed by atoms with Gasteiger partial charge in [0, 0.05) is 18.3 Å². The van der Waals surface area contributed by atoms with Crippen LogP contribution in [-0.4, -0.2) is 30.4 Å². The molecule has 0 bridgehead atoms. The predicted molar refractivity (Wildman–Crippen MR) is 118 cm³/mol. The van der Waals surface area contributed by atoms with Crippen LogP contribution >= 0.6 is 11.3 Å². The van der Waals surface area contributed by atoms with Gasteiger partial charge in [0.2, 0.25) is 5.91 Å². The molecule has 0 radical (unpaired) electrons. The van der Waals surface area contributed by atoms with Crippen LogP contribution in [0.4, 0.5) is 5.00 Å². The Morgan fingerprint density at radius 3 is 2.50 bits per heavy atom. The van der Waals surface area contributed by atoms with Crippen molar-refractivity contribution in [2.45, 2.75) is 58.5 Å². The van der Waals surface area contributed by atoms with Gasteiger partial charge in [0.1, 0.15) is 5.00 Å². The number of hydrogen-bond acceptors (Lipinski definition) is 5. The van der Waals surface area contributed by atoms with Gasteiger partial charge in [-0.25, -0.2) is 4.79 Å². The molecule has 1 aliphatic carbocycles. The lowest BCUT2D eigenvalue weighted by molar-refractivity contribution is -0.129. The van der Waals surface area contributed by atoms with Crippen LogP contribution in [0.25, 0.3) is 0 Å². The van der Waals surface area contributed by atoms with Crippen molar-refractivity contribution >= 4 is 34.1 Å². The number of esters is 1. The van der Waals surface area contributed by atoms with Crippen molar-refractivity contribution in [2.24, 2.45) is 0 Å². The Hall–Kier alpha value is -2.67. The van der Waals surface area contributed by atoms with Crippen molar-refractivity contribution in [3.63, 3.8) is 0 Å². The van der Waals surface area contributed by atoms with Crippen LogP contribution in [0.3, 0.4) is 0 Å². The number of carbonyl (C=O) groups excluding carboxylic acids is 3. The van der Waals surface area contributed by atoms with E-state index < -0.39 is 12.1 Å². The average molecular weight is 429 g/mol. The maximum atomic E-state index is 12.9. The standard InChI is InChI=1S/C23H28N2O4S/c1-14(17-9-5-4-6-10-17)13-24-21(27)15(2)29-23(28)20-18-11-7-8-12-19(18)30-22(20)25-16(3)26/h4-6,9-10,14-15H,7-8,11-13H2,1-3H3,(H,24,27)(H,25,26). The number of thiophene rings is 1. The van der Waals surface area contributed by atoms with E-state index in [0.29, 0.717) is 17.1 Å². The SMILES string of the molecule is CC(=O)Nc1sc2c(c1C(=O)OC(C)C(=O)NCC(C)c1ccccc1)CCCC2. The Kier molecular flexibility index (Phi) is 7.26. The van der Waals surface area contributed by atoms with E-state index >= 15 is 0 Å². The fourth-order valence-electron chi connectivity index (χ4n) is 3.60. The quantitative estimate of drug-likeness (QED) is 0.652. The van der Waals surface area contributed by atoms with E-state index in [1.165, 1.54) is 18.3 Å². The van der Waals surface area contributed by atoms with Gasteiger partial charge in [0.05, 0.1) is 5.56 Å². The molecule has 0 saturated carbocycles. The molecule has 0 fully saturated rings. The number of benzene rings is 1. The van der Waals surface area contributed by atoms with Crippen LogP contribution in [-0.2, 0) is 27.2 Å².